The van der Waals surface area contributed by atoms with E-state index in [0.717, 1.165) is 0 Å². The van der Waals surface area contributed by atoms with Crippen LogP contribution in [-0.4, -0.2) is 15.7 Å². The molecule has 9 nitrogen and oxygen atoms in total. The van der Waals surface area contributed by atoms with E-state index in [1.54, 1.807) is 55.5 Å². The predicted molar refractivity (Wildman–Crippen MR) is 100 cm³/mol. The van der Waals surface area contributed by atoms with E-state index in [1.165, 1.54) is 4.68 Å². The number of rotatable bonds is 4. The Labute approximate surface area is 148 Å². The van der Waals surface area contributed by atoms with E-state index in [-0.39, 0.29) is 17.2 Å². The standard InChI is InChI=1S/C17H17N8O/c1-10-15(16(26)25(24-10)14-8-2-11(18)3-9-14)23-22-13-6-4-12(5-7-13)21-17(19)20/h2-9,18,24H,1H3,(H4,19,20,21). The third-order valence-corrected chi connectivity index (χ3v) is 3.58. The van der Waals surface area contributed by atoms with E-state index in [4.69, 9.17) is 16.9 Å². The first-order chi connectivity index (χ1) is 12.4. The summed E-state index contributed by atoms with van der Waals surface area (Å²) in [7, 11) is 0. The molecule has 1 heterocycles. The van der Waals surface area contributed by atoms with Crippen LogP contribution in [0.2, 0.25) is 0 Å². The number of aromatic nitrogens is 2. The largest absolute Gasteiger partial charge is 0.370 e. The average molecular weight is 349 g/mol. The summed E-state index contributed by atoms with van der Waals surface area (Å²) in [6.07, 6.45) is 0. The highest BCUT2D eigenvalue weighted by atomic mass is 16.1. The second-order valence-electron chi connectivity index (χ2n) is 5.56. The molecular formula is C17H17N8O. The topological polar surface area (TPSA) is 148 Å². The SMILES string of the molecule is Cc1[nH]n(-c2ccc([NH])cc2)c(=O)c1N=Nc1ccc(NC(=N)N)cc1. The number of aromatic amines is 1. The first-order valence-electron chi connectivity index (χ1n) is 7.70. The quantitative estimate of drug-likeness (QED) is 0.326. The lowest BCUT2D eigenvalue weighted by Crippen LogP contribution is -2.20. The van der Waals surface area contributed by atoms with Crippen molar-refractivity contribution >= 4 is 28.7 Å². The number of guanidine groups is 1. The Bertz CT molecular complexity index is 1010. The Kier molecular flexibility index (Phi) is 4.52. The van der Waals surface area contributed by atoms with Gasteiger partial charge in [-0.3, -0.25) is 15.3 Å². The lowest BCUT2D eigenvalue weighted by molar-refractivity contribution is 0.835. The Morgan fingerprint density at radius 2 is 1.77 bits per heavy atom. The van der Waals surface area contributed by atoms with Crippen LogP contribution in [0, 0.1) is 12.3 Å². The molecule has 0 fully saturated rings. The van der Waals surface area contributed by atoms with E-state index in [9.17, 15) is 4.79 Å². The smallest absolute Gasteiger partial charge is 0.299 e. The van der Waals surface area contributed by atoms with Gasteiger partial charge in [0.05, 0.1) is 22.8 Å². The summed E-state index contributed by atoms with van der Waals surface area (Å²) in [6.45, 7) is 1.74. The van der Waals surface area contributed by atoms with Crippen molar-refractivity contribution in [1.29, 1.82) is 5.41 Å². The number of H-pyrrole nitrogens is 1. The van der Waals surface area contributed by atoms with Crippen molar-refractivity contribution in [1.82, 2.24) is 15.5 Å². The summed E-state index contributed by atoms with van der Waals surface area (Å²) in [5, 5.41) is 21.0. The normalized spacial score (nSPS) is 11.0. The molecule has 0 unspecified atom stereocenters. The van der Waals surface area contributed by atoms with Crippen LogP contribution < -0.4 is 22.3 Å². The van der Waals surface area contributed by atoms with E-state index in [2.05, 4.69) is 20.6 Å². The van der Waals surface area contributed by atoms with E-state index < -0.39 is 0 Å². The van der Waals surface area contributed by atoms with Gasteiger partial charge in [0, 0.05) is 5.69 Å². The van der Waals surface area contributed by atoms with Gasteiger partial charge < -0.3 is 16.8 Å². The molecule has 6 N–H and O–H groups in total. The van der Waals surface area contributed by atoms with Crippen LogP contribution in [-0.2, 0) is 0 Å². The highest BCUT2D eigenvalue weighted by Gasteiger charge is 2.12. The van der Waals surface area contributed by atoms with Crippen molar-refractivity contribution in [2.24, 2.45) is 16.0 Å². The van der Waals surface area contributed by atoms with Crippen molar-refractivity contribution in [3.8, 4) is 5.69 Å². The summed E-state index contributed by atoms with van der Waals surface area (Å²) in [5.74, 6) is -0.152. The van der Waals surface area contributed by atoms with Gasteiger partial charge in [0.25, 0.3) is 5.56 Å². The van der Waals surface area contributed by atoms with Gasteiger partial charge >= 0.3 is 0 Å². The zero-order valence-corrected chi connectivity index (χ0v) is 13.9. The molecule has 3 rings (SSSR count). The molecule has 0 aliphatic heterocycles. The fourth-order valence-corrected chi connectivity index (χ4v) is 2.32. The maximum Gasteiger partial charge on any atom is 0.299 e. The van der Waals surface area contributed by atoms with E-state index in [1.807, 2.05) is 0 Å². The molecule has 0 atom stereocenters. The van der Waals surface area contributed by atoms with Crippen molar-refractivity contribution in [2.45, 2.75) is 6.92 Å². The Hall–Kier alpha value is -3.88. The Morgan fingerprint density at radius 1 is 1.12 bits per heavy atom. The molecule has 2 aromatic carbocycles. The molecular weight excluding hydrogens is 332 g/mol. The summed E-state index contributed by atoms with van der Waals surface area (Å²) in [5.41, 5.74) is 15.5. The van der Waals surface area contributed by atoms with Crippen molar-refractivity contribution in [2.75, 3.05) is 5.32 Å². The number of nitrogens with one attached hydrogen (secondary N) is 4. The minimum absolute atomic E-state index is 0.152. The number of azo groups is 1. The first kappa shape index (κ1) is 17.0. The molecule has 1 aromatic heterocycles. The number of hydrogen-bond donors (Lipinski definition) is 4. The summed E-state index contributed by atoms with van der Waals surface area (Å²) in [6, 6.07) is 13.4. The number of nitrogens with zero attached hydrogens (tertiary/aromatic N) is 3. The Balaban J connectivity index is 1.86. The molecule has 0 spiro atoms. The van der Waals surface area contributed by atoms with Gasteiger partial charge in [-0.2, -0.15) is 5.11 Å². The maximum absolute atomic E-state index is 12.6. The summed E-state index contributed by atoms with van der Waals surface area (Å²) >= 11 is 0. The van der Waals surface area contributed by atoms with Crippen LogP contribution in [0.4, 0.5) is 22.7 Å². The molecule has 3 aromatic rings. The first-order valence-corrected chi connectivity index (χ1v) is 7.70. The van der Waals surface area contributed by atoms with Gasteiger partial charge in [-0.05, 0) is 55.5 Å². The third-order valence-electron chi connectivity index (χ3n) is 3.58. The number of aryl methyl sites for hydroxylation is 1. The molecule has 0 saturated heterocycles. The minimum Gasteiger partial charge on any atom is -0.370 e. The highest BCUT2D eigenvalue weighted by Crippen LogP contribution is 2.21. The molecule has 0 bridgehead atoms. The highest BCUT2D eigenvalue weighted by molar-refractivity contribution is 5.89. The zero-order valence-electron chi connectivity index (χ0n) is 13.9. The minimum atomic E-state index is -0.321. The molecule has 0 amide bonds. The van der Waals surface area contributed by atoms with Gasteiger partial charge in [0.15, 0.2) is 11.6 Å². The average Bonchev–Trinajstić information content (AvgIpc) is 2.89. The van der Waals surface area contributed by atoms with Crippen LogP contribution in [0.25, 0.3) is 5.69 Å². The monoisotopic (exact) mass is 349 g/mol. The van der Waals surface area contributed by atoms with Gasteiger partial charge in [0.1, 0.15) is 0 Å². The molecule has 0 aliphatic rings. The molecule has 9 heteroatoms. The second kappa shape index (κ2) is 6.93. The fraction of sp³-hybridized carbons (Fsp3) is 0.0588. The molecule has 0 saturated carbocycles. The number of benzene rings is 2. The van der Waals surface area contributed by atoms with Crippen molar-refractivity contribution in [3.63, 3.8) is 0 Å². The molecule has 0 aliphatic carbocycles. The van der Waals surface area contributed by atoms with Crippen LogP contribution in [0.3, 0.4) is 0 Å². The number of anilines is 1. The van der Waals surface area contributed by atoms with Gasteiger partial charge in [0.2, 0.25) is 0 Å². The van der Waals surface area contributed by atoms with Crippen LogP contribution in [0.5, 0.6) is 0 Å². The number of nitrogens with two attached hydrogens (primary N) is 1. The molecule has 26 heavy (non-hydrogen) atoms. The van der Waals surface area contributed by atoms with Crippen LogP contribution in [0.1, 0.15) is 5.69 Å². The van der Waals surface area contributed by atoms with Crippen molar-refractivity contribution in [3.05, 3.63) is 64.6 Å². The van der Waals surface area contributed by atoms with Gasteiger partial charge in [-0.25, -0.2) is 4.68 Å². The van der Waals surface area contributed by atoms with Crippen molar-refractivity contribution < 1.29 is 0 Å². The lowest BCUT2D eigenvalue weighted by atomic mass is 10.3. The summed E-state index contributed by atoms with van der Waals surface area (Å²) in [4.78, 5) is 12.6. The summed E-state index contributed by atoms with van der Waals surface area (Å²) < 4.78 is 1.36. The van der Waals surface area contributed by atoms with Gasteiger partial charge in [-0.15, -0.1) is 5.11 Å². The fourth-order valence-electron chi connectivity index (χ4n) is 2.32. The van der Waals surface area contributed by atoms with E-state index in [0.29, 0.717) is 28.4 Å². The number of hydrogen-bond acceptors (Lipinski definition) is 4. The predicted octanol–water partition coefficient (Wildman–Crippen LogP) is 3.11. The molecule has 1 radical (unpaired) electrons. The van der Waals surface area contributed by atoms with E-state index >= 15 is 0 Å². The maximum atomic E-state index is 12.6. The lowest BCUT2D eigenvalue weighted by Gasteiger charge is -2.02. The second-order valence-corrected chi connectivity index (χ2v) is 5.56. The van der Waals surface area contributed by atoms with Gasteiger partial charge in [-0.1, -0.05) is 0 Å². The van der Waals surface area contributed by atoms with Crippen LogP contribution >= 0.6 is 0 Å². The Morgan fingerprint density at radius 3 is 2.38 bits per heavy atom. The third kappa shape index (κ3) is 3.61. The zero-order chi connectivity index (χ0) is 18.7. The molecule has 131 valence electrons. The van der Waals surface area contributed by atoms with Crippen LogP contribution in [0.15, 0.2) is 63.6 Å².